The Bertz CT molecular complexity index is 551. The van der Waals surface area contributed by atoms with Crippen LogP contribution in [0.1, 0.15) is 170 Å². The number of rotatable bonds is 28. The van der Waals surface area contributed by atoms with Crippen LogP contribution in [0.25, 0.3) is 0 Å². The molecule has 0 aromatic carbocycles. The van der Waals surface area contributed by atoms with Crippen molar-refractivity contribution < 1.29 is 0 Å². The third-order valence-corrected chi connectivity index (χ3v) is 82.2. The van der Waals surface area contributed by atoms with Gasteiger partial charge in [-0.15, -0.1) is 0 Å². The fourth-order valence-electron chi connectivity index (χ4n) is 4.29. The van der Waals surface area contributed by atoms with E-state index in [1.54, 1.807) is 8.87 Å². The second-order valence-corrected chi connectivity index (χ2v) is 63.5. The van der Waals surface area contributed by atoms with Crippen molar-refractivity contribution in [2.24, 2.45) is 0 Å². The van der Waals surface area contributed by atoms with Gasteiger partial charge in [-0.3, -0.25) is 0 Å². The molecule has 0 spiro atoms. The summed E-state index contributed by atoms with van der Waals surface area (Å²) >= 11 is -4.83. The van der Waals surface area contributed by atoms with Crippen molar-refractivity contribution >= 4 is 105 Å². The molecule has 0 saturated heterocycles. The second-order valence-electron chi connectivity index (χ2n) is 11.8. The van der Waals surface area contributed by atoms with Gasteiger partial charge in [0.25, 0.3) is 0 Å². The van der Waals surface area contributed by atoms with Crippen LogP contribution in [0, 0.1) is 0 Å². The molecule has 0 aromatic heterocycles. The Morgan fingerprint density at radius 2 is 0.610 bits per heavy atom. The van der Waals surface area contributed by atoms with Crippen LogP contribution in [0.2, 0.25) is 26.6 Å². The van der Waals surface area contributed by atoms with Gasteiger partial charge in [0.05, 0.1) is 0 Å². The average Bonchev–Trinajstić information content (AvgIpc) is 2.97. The zero-order chi connectivity index (χ0) is 31.4. The van der Waals surface area contributed by atoms with E-state index in [0.717, 1.165) is 0 Å². The zero-order valence-electron chi connectivity index (χ0n) is 29.0. The molecule has 0 nitrogen and oxygen atoms in total. The van der Waals surface area contributed by atoms with Gasteiger partial charge in [0, 0.05) is 0 Å². The summed E-state index contributed by atoms with van der Waals surface area (Å²) < 4.78 is 17.8. The van der Waals surface area contributed by atoms with E-state index in [1.807, 2.05) is 0 Å². The van der Waals surface area contributed by atoms with Gasteiger partial charge >= 0.3 is 302 Å². The van der Waals surface area contributed by atoms with Gasteiger partial charge in [0.2, 0.25) is 0 Å². The molecular formula is C34H74S3Sn4. The first-order valence-electron chi connectivity index (χ1n) is 17.9. The van der Waals surface area contributed by atoms with Crippen molar-refractivity contribution in [2.75, 3.05) is 0 Å². The SMILES string of the molecule is CCC[CH2][Sn](=[S])[S][Sn](=[S])[CH2]CCC.[CH2]=[Sn]([CH2]CCC)[CH2]CCC.[CH2]=[Sn]([CH2]CCCCCCC)[CH2]CCCCCCC. The monoisotopic (exact) mass is 1060 g/mol. The summed E-state index contributed by atoms with van der Waals surface area (Å²) in [6.45, 7) is 13.6. The summed E-state index contributed by atoms with van der Waals surface area (Å²) in [6.07, 6.45) is 30.6. The first kappa shape index (κ1) is 49.1. The van der Waals surface area contributed by atoms with Crippen molar-refractivity contribution in [3.05, 3.63) is 0 Å². The fourth-order valence-corrected chi connectivity index (χ4v) is 87.4. The summed E-state index contributed by atoms with van der Waals surface area (Å²) in [6, 6.07) is 0. The first-order valence-corrected chi connectivity index (χ1v) is 49.6. The van der Waals surface area contributed by atoms with Crippen LogP contribution in [-0.4, -0.2) is 80.5 Å². The van der Waals surface area contributed by atoms with Gasteiger partial charge in [-0.1, -0.05) is 0 Å². The van der Waals surface area contributed by atoms with Crippen molar-refractivity contribution in [1.82, 2.24) is 0 Å². The van der Waals surface area contributed by atoms with Crippen LogP contribution in [0.4, 0.5) is 0 Å². The van der Waals surface area contributed by atoms with E-state index in [4.69, 9.17) is 18.6 Å². The average molecular weight is 1050 g/mol. The Morgan fingerprint density at radius 3 is 0.927 bits per heavy atom. The third-order valence-electron chi connectivity index (χ3n) is 7.23. The van der Waals surface area contributed by atoms with E-state index >= 15 is 0 Å². The van der Waals surface area contributed by atoms with Crippen molar-refractivity contribution in [1.29, 1.82) is 0 Å². The maximum absolute atomic E-state index is 5.57. The van der Waals surface area contributed by atoms with E-state index < -0.39 is 71.4 Å². The summed E-state index contributed by atoms with van der Waals surface area (Å²) in [5, 5.41) is 0. The number of hydrogen-bond donors (Lipinski definition) is 0. The Hall–Kier alpha value is 3.72. The number of unbranched alkanes of at least 4 members (excludes halogenated alkanes) is 14. The van der Waals surface area contributed by atoms with E-state index in [2.05, 4.69) is 56.7 Å². The molecule has 244 valence electrons. The van der Waals surface area contributed by atoms with Crippen molar-refractivity contribution in [3.63, 3.8) is 0 Å². The standard InChI is InChI=1S/2C8H17.4C4H9.2CH2.3S.4Sn/c2*1-3-5-7-8-6-4-2;4*1-3-4-2;;;;;;;;;/h2*1,3-8H2,2H3;4*1,3-4H2,2H3;2*1H2;;;;;;;. The van der Waals surface area contributed by atoms with Gasteiger partial charge in [-0.25, -0.2) is 0 Å². The topological polar surface area (TPSA) is 0 Å². The summed E-state index contributed by atoms with van der Waals surface area (Å²) in [7, 11) is 11.1. The van der Waals surface area contributed by atoms with Crippen LogP contribution in [0.5, 0.6) is 0 Å². The summed E-state index contributed by atoms with van der Waals surface area (Å²) in [4.78, 5) is 0. The molecule has 0 aliphatic rings. The molecule has 0 bridgehead atoms. The van der Waals surface area contributed by atoms with Gasteiger partial charge in [-0.05, 0) is 0 Å². The maximum atomic E-state index is 5.57. The van der Waals surface area contributed by atoms with Crippen LogP contribution >= 0.6 is 24.7 Å². The van der Waals surface area contributed by atoms with Crippen LogP contribution < -0.4 is 0 Å². The summed E-state index contributed by atoms with van der Waals surface area (Å²) in [5.41, 5.74) is 0. The number of hydrogen-bond acceptors (Lipinski definition) is 3. The minimum atomic E-state index is -1.37. The molecule has 0 unspecified atom stereocenters. The molecule has 0 amide bonds. The Balaban J connectivity index is -0.000000554. The fraction of sp³-hybridized carbons (Fsp3) is 0.941. The van der Waals surface area contributed by atoms with E-state index in [-0.39, 0.29) is 0 Å². The molecule has 0 radical (unpaired) electrons. The molecular weight excluding hydrogens is 979 g/mol. The van der Waals surface area contributed by atoms with Gasteiger partial charge in [-0.2, -0.15) is 0 Å². The van der Waals surface area contributed by atoms with Crippen LogP contribution in [-0.2, 0) is 0 Å². The molecule has 7 heteroatoms. The molecule has 0 N–H and O–H groups in total. The first-order chi connectivity index (χ1) is 19.8. The second kappa shape index (κ2) is 43.7. The molecule has 0 aliphatic carbocycles. The Kier molecular flexibility index (Phi) is 52.4. The minimum absolute atomic E-state index is 0.991. The van der Waals surface area contributed by atoms with Crippen LogP contribution in [0.3, 0.4) is 0 Å². The molecule has 0 aliphatic heterocycles. The quantitative estimate of drug-likeness (QED) is 0.0566. The predicted molar refractivity (Wildman–Crippen MR) is 215 cm³/mol. The predicted octanol–water partition coefficient (Wildman–Crippen LogP) is 14.0. The molecule has 41 heavy (non-hydrogen) atoms. The van der Waals surface area contributed by atoms with E-state index in [9.17, 15) is 0 Å². The van der Waals surface area contributed by atoms with Crippen molar-refractivity contribution in [3.8, 4) is 0 Å². The molecule has 0 saturated carbocycles. The molecule has 0 fully saturated rings. The molecule has 0 atom stereocenters. The normalized spacial score (nSPS) is 10.3. The molecule has 0 rings (SSSR count). The third kappa shape index (κ3) is 48.2. The van der Waals surface area contributed by atoms with Gasteiger partial charge in [0.15, 0.2) is 0 Å². The van der Waals surface area contributed by atoms with Gasteiger partial charge in [0.1, 0.15) is 0 Å². The van der Waals surface area contributed by atoms with Gasteiger partial charge < -0.3 is 0 Å². The Labute approximate surface area is 297 Å². The van der Waals surface area contributed by atoms with Crippen molar-refractivity contribution in [2.45, 2.75) is 197 Å². The molecule has 0 aromatic rings. The van der Waals surface area contributed by atoms with E-state index in [1.165, 1.54) is 146 Å². The Morgan fingerprint density at radius 1 is 0.366 bits per heavy atom. The molecule has 0 heterocycles. The zero-order valence-corrected chi connectivity index (χ0v) is 42.9. The van der Waals surface area contributed by atoms with Crippen LogP contribution in [0.15, 0.2) is 0 Å². The summed E-state index contributed by atoms with van der Waals surface area (Å²) in [5.74, 6) is 0. The van der Waals surface area contributed by atoms with E-state index in [0.29, 0.717) is 0 Å².